The molecule has 1 atom stereocenters. The summed E-state index contributed by atoms with van der Waals surface area (Å²) < 4.78 is 53.9. The van der Waals surface area contributed by atoms with Gasteiger partial charge < -0.3 is 5.32 Å². The number of hydrogen-bond donors (Lipinski definition) is 1. The van der Waals surface area contributed by atoms with E-state index in [1.165, 1.54) is 24.3 Å². The number of fused-ring (bicyclic) bond motifs is 1. The van der Waals surface area contributed by atoms with E-state index >= 15 is 0 Å². The maximum Gasteiger partial charge on any atom is 0.416 e. The van der Waals surface area contributed by atoms with Gasteiger partial charge in [0.1, 0.15) is 5.82 Å². The first-order chi connectivity index (χ1) is 13.7. The van der Waals surface area contributed by atoms with Gasteiger partial charge >= 0.3 is 6.18 Å². The molecular weight excluding hydrogens is 386 g/mol. The second-order valence-corrected chi connectivity index (χ2v) is 7.20. The van der Waals surface area contributed by atoms with Crippen LogP contribution in [0.15, 0.2) is 48.5 Å². The van der Waals surface area contributed by atoms with Crippen LogP contribution in [0, 0.1) is 11.7 Å². The predicted octanol–water partition coefficient (Wildman–Crippen LogP) is 5.54. The summed E-state index contributed by atoms with van der Waals surface area (Å²) in [5.74, 6) is -0.226. The molecule has 0 bridgehead atoms. The highest BCUT2D eigenvalue weighted by atomic mass is 19.4. The van der Waals surface area contributed by atoms with E-state index in [2.05, 4.69) is 10.4 Å². The van der Waals surface area contributed by atoms with Gasteiger partial charge in [0.2, 0.25) is 0 Å². The number of alkyl halides is 3. The minimum absolute atomic E-state index is 0.104. The average molecular weight is 403 g/mol. The third-order valence-electron chi connectivity index (χ3n) is 4.86. The fraction of sp³-hybridized carbons (Fsp3) is 0.238. The van der Waals surface area contributed by atoms with Crippen LogP contribution in [0.2, 0.25) is 0 Å². The quantitative estimate of drug-likeness (QED) is 0.584. The first kappa shape index (κ1) is 19.2. The van der Waals surface area contributed by atoms with Gasteiger partial charge in [-0.05, 0) is 54.8 Å². The largest absolute Gasteiger partial charge is 0.416 e. The maximum atomic E-state index is 13.3. The Kier molecular flexibility index (Phi) is 4.64. The Morgan fingerprint density at radius 3 is 2.52 bits per heavy atom. The molecule has 0 radical (unpaired) electrons. The van der Waals surface area contributed by atoms with Crippen molar-refractivity contribution >= 4 is 17.3 Å². The van der Waals surface area contributed by atoms with Gasteiger partial charge in [0.15, 0.2) is 11.6 Å². The van der Waals surface area contributed by atoms with E-state index in [9.17, 15) is 22.4 Å². The summed E-state index contributed by atoms with van der Waals surface area (Å²) in [4.78, 5) is 12.7. The van der Waals surface area contributed by atoms with Crippen LogP contribution in [0.4, 0.5) is 29.1 Å². The first-order valence-corrected chi connectivity index (χ1v) is 9.07. The fourth-order valence-corrected chi connectivity index (χ4v) is 3.55. The second kappa shape index (κ2) is 7.02. The average Bonchev–Trinajstić information content (AvgIpc) is 3.00. The molecule has 1 N–H and O–H groups in total. The Morgan fingerprint density at radius 2 is 1.83 bits per heavy atom. The monoisotopic (exact) mass is 403 g/mol. The molecule has 0 aliphatic heterocycles. The molecule has 4 nitrogen and oxygen atoms in total. The second-order valence-electron chi connectivity index (χ2n) is 7.20. The van der Waals surface area contributed by atoms with Crippen molar-refractivity contribution in [2.45, 2.75) is 25.9 Å². The van der Waals surface area contributed by atoms with Crippen molar-refractivity contribution in [3.63, 3.8) is 0 Å². The summed E-state index contributed by atoms with van der Waals surface area (Å²) in [7, 11) is 0. The van der Waals surface area contributed by atoms with Crippen LogP contribution < -0.4 is 5.32 Å². The lowest BCUT2D eigenvalue weighted by Gasteiger charge is -2.19. The Balaban J connectivity index is 1.79. The van der Waals surface area contributed by atoms with Gasteiger partial charge in [0.25, 0.3) is 0 Å². The summed E-state index contributed by atoms with van der Waals surface area (Å²) >= 11 is 0. The summed E-state index contributed by atoms with van der Waals surface area (Å²) in [5.41, 5.74) is 0.980. The number of aromatic nitrogens is 2. The summed E-state index contributed by atoms with van der Waals surface area (Å²) in [6.07, 6.45) is -3.56. The Morgan fingerprint density at radius 1 is 1.10 bits per heavy atom. The number of Topliss-reactive ketones (excluding diaryl/α,β-unsaturated/α-hetero) is 1. The number of nitrogens with one attached hydrogen (secondary N) is 1. The van der Waals surface area contributed by atoms with Crippen molar-refractivity contribution in [3.8, 4) is 5.69 Å². The van der Waals surface area contributed by atoms with Crippen molar-refractivity contribution in [2.75, 3.05) is 5.32 Å². The minimum atomic E-state index is -4.48. The molecule has 0 saturated carbocycles. The van der Waals surface area contributed by atoms with Crippen molar-refractivity contribution in [2.24, 2.45) is 5.92 Å². The molecule has 1 heterocycles. The van der Waals surface area contributed by atoms with E-state index in [-0.39, 0.29) is 23.2 Å². The number of ketones is 1. The molecule has 0 amide bonds. The Labute approximate surface area is 164 Å². The number of nitrogens with zero attached hydrogens (tertiary/aromatic N) is 2. The number of rotatable bonds is 3. The van der Waals surface area contributed by atoms with E-state index in [1.54, 1.807) is 16.8 Å². The van der Waals surface area contributed by atoms with Crippen molar-refractivity contribution < 1.29 is 22.4 Å². The van der Waals surface area contributed by atoms with Gasteiger partial charge in [-0.1, -0.05) is 13.0 Å². The van der Waals surface area contributed by atoms with Crippen LogP contribution in [-0.4, -0.2) is 15.6 Å². The molecule has 1 aromatic heterocycles. The van der Waals surface area contributed by atoms with Gasteiger partial charge in [0.05, 0.1) is 22.5 Å². The summed E-state index contributed by atoms with van der Waals surface area (Å²) in [6.45, 7) is 1.95. The van der Waals surface area contributed by atoms with Crippen LogP contribution in [0.25, 0.3) is 5.69 Å². The molecule has 1 aliphatic rings. The molecular formula is C21H17F4N3O. The zero-order valence-corrected chi connectivity index (χ0v) is 15.4. The van der Waals surface area contributed by atoms with Crippen LogP contribution in [0.1, 0.15) is 35.0 Å². The molecule has 8 heteroatoms. The normalized spacial score (nSPS) is 16.6. The summed E-state index contributed by atoms with van der Waals surface area (Å²) in [6, 6.07) is 10.4. The molecule has 0 unspecified atom stereocenters. The fourth-order valence-electron chi connectivity index (χ4n) is 3.55. The predicted molar refractivity (Wildman–Crippen MR) is 100 cm³/mol. The number of halogens is 4. The van der Waals surface area contributed by atoms with Crippen molar-refractivity contribution in [1.29, 1.82) is 0 Å². The zero-order valence-electron chi connectivity index (χ0n) is 15.4. The molecule has 3 aromatic rings. The highest BCUT2D eigenvalue weighted by Gasteiger charge is 2.32. The number of carbonyl (C=O) groups is 1. The first-order valence-electron chi connectivity index (χ1n) is 9.07. The van der Waals surface area contributed by atoms with Crippen LogP contribution in [-0.2, 0) is 12.6 Å². The third kappa shape index (κ3) is 3.74. The van der Waals surface area contributed by atoms with Gasteiger partial charge in [-0.15, -0.1) is 5.10 Å². The zero-order chi connectivity index (χ0) is 20.8. The van der Waals surface area contributed by atoms with Gasteiger partial charge in [-0.25, -0.2) is 9.07 Å². The molecule has 4 rings (SSSR count). The maximum absolute atomic E-state index is 13.3. The minimum Gasteiger partial charge on any atom is -0.338 e. The van der Waals surface area contributed by atoms with Crippen LogP contribution in [0.3, 0.4) is 0 Å². The SMILES string of the molecule is C[C@H]1CC(=O)c2c(Nc3cccc(C(F)(F)F)c3)nn(-c3ccc(F)cc3)c2C1. The van der Waals surface area contributed by atoms with E-state index in [4.69, 9.17) is 0 Å². The molecule has 29 heavy (non-hydrogen) atoms. The number of carbonyl (C=O) groups excluding carboxylic acids is 1. The van der Waals surface area contributed by atoms with E-state index in [0.717, 1.165) is 12.1 Å². The van der Waals surface area contributed by atoms with E-state index in [1.807, 2.05) is 6.92 Å². The highest BCUT2D eigenvalue weighted by molar-refractivity contribution is 6.03. The smallest absolute Gasteiger partial charge is 0.338 e. The molecule has 150 valence electrons. The standard InChI is InChI=1S/C21H17F4N3O/c1-12-9-17-19(18(29)10-12)20(27-28(17)16-7-5-14(22)6-8-16)26-15-4-2-3-13(11-15)21(23,24)25/h2-8,11-12H,9-10H2,1H3,(H,26,27)/t12-/m1/s1. The van der Waals surface area contributed by atoms with Crippen LogP contribution >= 0.6 is 0 Å². The molecule has 0 spiro atoms. The third-order valence-corrected chi connectivity index (χ3v) is 4.86. The number of hydrogen-bond acceptors (Lipinski definition) is 3. The van der Waals surface area contributed by atoms with Crippen LogP contribution in [0.5, 0.6) is 0 Å². The number of anilines is 2. The lowest BCUT2D eigenvalue weighted by molar-refractivity contribution is -0.137. The molecule has 1 aliphatic carbocycles. The Bertz CT molecular complexity index is 1070. The van der Waals surface area contributed by atoms with Crippen molar-refractivity contribution in [1.82, 2.24) is 9.78 Å². The molecule has 0 fully saturated rings. The highest BCUT2D eigenvalue weighted by Crippen LogP contribution is 2.35. The molecule has 0 saturated heterocycles. The lowest BCUT2D eigenvalue weighted by Crippen LogP contribution is -2.19. The van der Waals surface area contributed by atoms with E-state index < -0.39 is 17.6 Å². The van der Waals surface area contributed by atoms with Gasteiger partial charge in [0, 0.05) is 12.1 Å². The van der Waals surface area contributed by atoms with Crippen molar-refractivity contribution in [3.05, 3.63) is 71.2 Å². The summed E-state index contributed by atoms with van der Waals surface area (Å²) in [5, 5.41) is 7.31. The topological polar surface area (TPSA) is 46.9 Å². The Hall–Kier alpha value is -3.16. The van der Waals surface area contributed by atoms with Gasteiger partial charge in [-0.3, -0.25) is 4.79 Å². The lowest BCUT2D eigenvalue weighted by atomic mass is 9.87. The van der Waals surface area contributed by atoms with E-state index in [0.29, 0.717) is 29.8 Å². The molecule has 2 aromatic carbocycles. The van der Waals surface area contributed by atoms with Gasteiger partial charge in [-0.2, -0.15) is 13.2 Å². The number of benzene rings is 2.